The van der Waals surface area contributed by atoms with Gasteiger partial charge in [0.2, 0.25) is 0 Å². The maximum atomic E-state index is 12.4. The fourth-order valence-electron chi connectivity index (χ4n) is 3.97. The molecular formula is C30H42FN3O3. The monoisotopic (exact) mass is 511 g/mol. The summed E-state index contributed by atoms with van der Waals surface area (Å²) in [7, 11) is 2.01. The predicted octanol–water partition coefficient (Wildman–Crippen LogP) is 5.33. The molecule has 1 aliphatic rings. The van der Waals surface area contributed by atoms with Crippen molar-refractivity contribution in [1.82, 2.24) is 9.88 Å². The minimum atomic E-state index is -0.756. The highest BCUT2D eigenvalue weighted by Crippen LogP contribution is 2.23. The van der Waals surface area contributed by atoms with E-state index >= 15 is 0 Å². The van der Waals surface area contributed by atoms with Crippen LogP contribution in [0.25, 0.3) is 6.08 Å². The van der Waals surface area contributed by atoms with Crippen molar-refractivity contribution in [3.8, 4) is 24.4 Å². The molecule has 2 N–H and O–H groups in total. The predicted molar refractivity (Wildman–Crippen MR) is 149 cm³/mol. The molecule has 2 atom stereocenters. The van der Waals surface area contributed by atoms with Crippen molar-refractivity contribution in [2.24, 2.45) is 7.05 Å². The number of aromatic nitrogens is 1. The average molecular weight is 512 g/mol. The Balaban J connectivity index is 2.01. The van der Waals surface area contributed by atoms with Crippen LogP contribution in [0.4, 0.5) is 10.2 Å². The van der Waals surface area contributed by atoms with Gasteiger partial charge in [0.15, 0.2) is 0 Å². The quantitative estimate of drug-likeness (QED) is 0.172. The van der Waals surface area contributed by atoms with Crippen LogP contribution in [0, 0.1) is 24.4 Å². The number of nitrogens with zero attached hydrogens (tertiary/aromatic N) is 1. The first-order chi connectivity index (χ1) is 18.0. The lowest BCUT2D eigenvalue weighted by Crippen LogP contribution is -2.25. The summed E-state index contributed by atoms with van der Waals surface area (Å²) >= 11 is 0. The molecule has 0 radical (unpaired) electrons. The summed E-state index contributed by atoms with van der Waals surface area (Å²) in [5.41, 5.74) is 2.30. The molecule has 0 aromatic carbocycles. The number of ether oxygens (including phenoxy) is 3. The van der Waals surface area contributed by atoms with Gasteiger partial charge in [0, 0.05) is 49.1 Å². The van der Waals surface area contributed by atoms with Gasteiger partial charge in [0.25, 0.3) is 0 Å². The van der Waals surface area contributed by atoms with Crippen molar-refractivity contribution in [3.63, 3.8) is 0 Å². The van der Waals surface area contributed by atoms with Crippen molar-refractivity contribution < 1.29 is 18.6 Å². The van der Waals surface area contributed by atoms with Crippen molar-refractivity contribution in [2.75, 3.05) is 38.4 Å². The Bertz CT molecular complexity index is 1010. The standard InChI is InChI=1S/C30H42FN3O3/c1-6-11-28(36-20-10-17-31)14-13-27-24-25(7-2)29(34(27)5)33-19-18-32-26-12-9-16-30(4,8-3)37-23-22-35-21-15-26/h3,7,9,15-16,24,28,32-33H,2,6,10-14,17,20-23H2,1,4-5H3/b16-9-,26-15+. The van der Waals surface area contributed by atoms with E-state index in [9.17, 15) is 4.39 Å². The molecular weight excluding hydrogens is 469 g/mol. The Morgan fingerprint density at radius 1 is 1.32 bits per heavy atom. The molecule has 0 spiro atoms. The van der Waals surface area contributed by atoms with E-state index in [1.807, 2.05) is 38.3 Å². The third-order valence-corrected chi connectivity index (χ3v) is 6.15. The zero-order valence-corrected chi connectivity index (χ0v) is 22.6. The first-order valence-corrected chi connectivity index (χ1v) is 13.0. The highest BCUT2D eigenvalue weighted by atomic mass is 19.1. The van der Waals surface area contributed by atoms with Crippen LogP contribution < -0.4 is 10.6 Å². The summed E-state index contributed by atoms with van der Waals surface area (Å²) < 4.78 is 31.8. The normalized spacial score (nSPS) is 21.2. The van der Waals surface area contributed by atoms with Gasteiger partial charge >= 0.3 is 0 Å². The van der Waals surface area contributed by atoms with Gasteiger partial charge in [-0.25, -0.2) is 0 Å². The summed E-state index contributed by atoms with van der Waals surface area (Å²) in [5, 5.41) is 6.35. The Morgan fingerprint density at radius 3 is 2.86 bits per heavy atom. The number of alkyl halides is 1. The topological polar surface area (TPSA) is 56.7 Å². The molecule has 2 rings (SSSR count). The third-order valence-electron chi connectivity index (χ3n) is 6.15. The second-order valence-corrected chi connectivity index (χ2v) is 9.08. The van der Waals surface area contributed by atoms with Gasteiger partial charge in [-0.2, -0.15) is 0 Å². The largest absolute Gasteiger partial charge is 0.378 e. The van der Waals surface area contributed by atoms with E-state index in [0.29, 0.717) is 39.3 Å². The van der Waals surface area contributed by atoms with Crippen molar-refractivity contribution in [1.29, 1.82) is 0 Å². The maximum absolute atomic E-state index is 12.4. The second-order valence-electron chi connectivity index (χ2n) is 9.08. The minimum Gasteiger partial charge on any atom is -0.378 e. The van der Waals surface area contributed by atoms with Gasteiger partial charge in [-0.1, -0.05) is 38.0 Å². The van der Waals surface area contributed by atoms with Crippen LogP contribution in [-0.4, -0.2) is 49.4 Å². The third kappa shape index (κ3) is 10.5. The van der Waals surface area contributed by atoms with Gasteiger partial charge in [0.1, 0.15) is 11.4 Å². The van der Waals surface area contributed by atoms with E-state index in [1.165, 1.54) is 0 Å². The van der Waals surface area contributed by atoms with E-state index in [2.05, 4.69) is 52.8 Å². The number of hydrogen-bond acceptors (Lipinski definition) is 5. The summed E-state index contributed by atoms with van der Waals surface area (Å²) in [6, 6.07) is 8.10. The van der Waals surface area contributed by atoms with Crippen LogP contribution in [-0.2, 0) is 27.7 Å². The van der Waals surface area contributed by atoms with E-state index < -0.39 is 5.60 Å². The number of rotatable bonds is 12. The lowest BCUT2D eigenvalue weighted by molar-refractivity contribution is 0.00649. The maximum Gasteiger partial charge on any atom is 0.144 e. The van der Waals surface area contributed by atoms with Crippen LogP contribution >= 0.6 is 0 Å². The van der Waals surface area contributed by atoms with Gasteiger partial charge in [-0.05, 0) is 50.8 Å². The van der Waals surface area contributed by atoms with Crippen molar-refractivity contribution in [2.45, 2.75) is 64.1 Å². The number of nitrogens with one attached hydrogen (secondary N) is 2. The molecule has 1 aromatic rings. The van der Waals surface area contributed by atoms with E-state index in [4.69, 9.17) is 20.6 Å². The molecule has 6 nitrogen and oxygen atoms in total. The molecule has 0 saturated heterocycles. The Hall–Kier alpha value is -2.97. The molecule has 0 fully saturated rings. The molecule has 1 aliphatic heterocycles. The van der Waals surface area contributed by atoms with Crippen LogP contribution in [0.5, 0.6) is 0 Å². The molecule has 37 heavy (non-hydrogen) atoms. The number of halogens is 1. The Morgan fingerprint density at radius 2 is 2.14 bits per heavy atom. The lowest BCUT2D eigenvalue weighted by atomic mass is 10.1. The Kier molecular flexibility index (Phi) is 13.7. The SMILES string of the molecule is C#CC1(C)/C=C\C/C(NC#CNc2c(C=C)cc(CCC(CCC)OCCCF)n2C)=C\COCCO1. The molecule has 0 saturated carbocycles. The second kappa shape index (κ2) is 16.7. The zero-order valence-electron chi connectivity index (χ0n) is 22.6. The number of anilines is 1. The molecule has 0 aliphatic carbocycles. The molecule has 1 aromatic heterocycles. The molecule has 2 heterocycles. The average Bonchev–Trinajstić information content (AvgIpc) is 3.18. The van der Waals surface area contributed by atoms with E-state index in [1.54, 1.807) is 0 Å². The van der Waals surface area contributed by atoms with Crippen molar-refractivity contribution in [3.05, 3.63) is 47.8 Å². The van der Waals surface area contributed by atoms with Gasteiger partial charge in [-0.15, -0.1) is 6.42 Å². The molecule has 0 bridgehead atoms. The molecule has 2 unspecified atom stereocenters. The minimum absolute atomic E-state index is 0.136. The van der Waals surface area contributed by atoms with Crippen molar-refractivity contribution >= 4 is 11.9 Å². The number of terminal acetylenes is 1. The number of allylic oxidation sites excluding steroid dienone is 1. The first-order valence-electron chi connectivity index (χ1n) is 13.0. The van der Waals surface area contributed by atoms with Gasteiger partial charge in [0.05, 0.1) is 32.6 Å². The number of aryl methyl sites for hydroxylation is 1. The lowest BCUT2D eigenvalue weighted by Gasteiger charge is -2.19. The van der Waals surface area contributed by atoms with Gasteiger partial charge < -0.3 is 24.1 Å². The van der Waals surface area contributed by atoms with Crippen LogP contribution in [0.3, 0.4) is 0 Å². The zero-order chi connectivity index (χ0) is 26.9. The highest BCUT2D eigenvalue weighted by molar-refractivity contribution is 5.66. The van der Waals surface area contributed by atoms with Crippen LogP contribution in [0.15, 0.2) is 36.6 Å². The molecule has 202 valence electrons. The highest BCUT2D eigenvalue weighted by Gasteiger charge is 2.18. The summed E-state index contributed by atoms with van der Waals surface area (Å²) in [6.45, 7) is 9.43. The van der Waals surface area contributed by atoms with Gasteiger partial charge in [-0.3, -0.25) is 9.71 Å². The van der Waals surface area contributed by atoms with Crippen LogP contribution in [0.2, 0.25) is 0 Å². The number of hydrogen-bond donors (Lipinski definition) is 2. The smallest absolute Gasteiger partial charge is 0.144 e. The first kappa shape index (κ1) is 30.3. The fourth-order valence-corrected chi connectivity index (χ4v) is 3.97. The molecule has 7 heteroatoms. The van der Waals surface area contributed by atoms with E-state index in [-0.39, 0.29) is 12.8 Å². The summed E-state index contributed by atoms with van der Waals surface area (Å²) in [6.07, 6.45) is 18.2. The summed E-state index contributed by atoms with van der Waals surface area (Å²) in [5.74, 6) is 3.56. The van der Waals surface area contributed by atoms with Crippen LogP contribution in [0.1, 0.15) is 57.2 Å². The van der Waals surface area contributed by atoms with E-state index in [0.717, 1.165) is 48.5 Å². The summed E-state index contributed by atoms with van der Waals surface area (Å²) in [4.78, 5) is 0. The molecule has 0 amide bonds. The Labute approximate surface area is 222 Å². The fraction of sp³-hybridized carbons (Fsp3) is 0.533.